The number of benzene rings is 10. The van der Waals surface area contributed by atoms with Crippen LogP contribution >= 0.6 is 39.1 Å². The number of nitrogens with zero attached hydrogens (tertiary/aromatic N) is 2. The van der Waals surface area contributed by atoms with Crippen LogP contribution in [0.3, 0.4) is 0 Å². The Bertz CT molecular complexity index is 3900. The first-order valence-electron chi connectivity index (χ1n) is 24.0. The van der Waals surface area contributed by atoms with Gasteiger partial charge in [-0.1, -0.05) is 162 Å². The van der Waals surface area contributed by atoms with Crippen molar-refractivity contribution in [2.45, 2.75) is 24.6 Å². The average Bonchev–Trinajstić information content (AvgIpc) is 4.17. The Hall–Kier alpha value is -7.32. The summed E-state index contributed by atoms with van der Waals surface area (Å²) in [5.41, 5.74) is 20.9. The summed E-state index contributed by atoms with van der Waals surface area (Å²) in [5.74, 6) is 0.617. The van der Waals surface area contributed by atoms with Crippen LogP contribution in [-0.4, -0.2) is 26.7 Å². The van der Waals surface area contributed by atoms with E-state index in [2.05, 4.69) is 207 Å². The molecule has 72 heavy (non-hydrogen) atoms. The zero-order valence-corrected chi connectivity index (χ0v) is 42.5. The van der Waals surface area contributed by atoms with Crippen LogP contribution in [-0.2, 0) is 12.8 Å². The Balaban J connectivity index is 0.000000121. The van der Waals surface area contributed by atoms with Gasteiger partial charge in [0, 0.05) is 37.4 Å². The highest BCUT2D eigenvalue weighted by atomic mass is 79.9. The molecule has 349 valence electrons. The molecule has 4 nitrogen and oxygen atoms in total. The van der Waals surface area contributed by atoms with Gasteiger partial charge < -0.3 is 18.8 Å². The first-order chi connectivity index (χ1) is 35.3. The monoisotopic (exact) mass is 1040 g/mol. The van der Waals surface area contributed by atoms with Crippen LogP contribution in [0.5, 0.6) is 5.75 Å². The predicted molar refractivity (Wildman–Crippen MR) is 307 cm³/mol. The average molecular weight is 1040 g/mol. The summed E-state index contributed by atoms with van der Waals surface area (Å²) in [5, 5.41) is 13.7. The van der Waals surface area contributed by atoms with Crippen molar-refractivity contribution in [2.24, 2.45) is 0 Å². The van der Waals surface area contributed by atoms with Crippen LogP contribution in [0.1, 0.15) is 29.2 Å². The predicted octanol–water partition coefficient (Wildman–Crippen LogP) is 17.5. The molecule has 0 saturated carbocycles. The molecule has 1 N–H and O–H groups in total. The van der Waals surface area contributed by atoms with E-state index in [0.29, 0.717) is 13.4 Å². The van der Waals surface area contributed by atoms with E-state index in [1.807, 2.05) is 48.5 Å². The fraction of sp³-hybridized carbons (Fsp3) is 0.0625. The molecule has 0 fully saturated rings. The van der Waals surface area contributed by atoms with Crippen molar-refractivity contribution in [2.75, 3.05) is 0 Å². The fourth-order valence-corrected chi connectivity index (χ4v) is 10.7. The molecule has 0 atom stereocenters. The Morgan fingerprint density at radius 3 is 1.42 bits per heavy atom. The third kappa shape index (κ3) is 9.35. The van der Waals surface area contributed by atoms with Gasteiger partial charge in [-0.3, -0.25) is 0 Å². The summed E-state index contributed by atoms with van der Waals surface area (Å²) in [6, 6.07) is 81.5. The first-order valence-corrected chi connectivity index (χ1v) is 25.7. The highest BCUT2D eigenvalue weighted by Gasteiger charge is 2.20. The molecule has 1 radical (unpaired) electrons. The van der Waals surface area contributed by atoms with Crippen molar-refractivity contribution >= 4 is 90.4 Å². The number of para-hydroxylation sites is 4. The molecule has 0 saturated heterocycles. The van der Waals surface area contributed by atoms with Gasteiger partial charge in [0.1, 0.15) is 10.6 Å². The van der Waals surface area contributed by atoms with E-state index in [1.54, 1.807) is 6.92 Å². The first kappa shape index (κ1) is 47.0. The molecule has 0 unspecified atom stereocenters. The Morgan fingerprint density at radius 2 is 0.847 bits per heavy atom. The van der Waals surface area contributed by atoms with E-state index in [1.165, 1.54) is 83.1 Å². The van der Waals surface area contributed by atoms with Crippen LogP contribution in [0, 0.1) is 0 Å². The largest absolute Gasteiger partial charge is 0.569 e. The van der Waals surface area contributed by atoms with Crippen LogP contribution < -0.4 is 4.65 Å². The van der Waals surface area contributed by atoms with Crippen molar-refractivity contribution in [1.82, 2.24) is 9.13 Å². The van der Waals surface area contributed by atoms with Crippen molar-refractivity contribution in [3.05, 3.63) is 257 Å². The van der Waals surface area contributed by atoms with E-state index < -0.39 is 0 Å². The van der Waals surface area contributed by atoms with Gasteiger partial charge in [-0.05, 0) is 160 Å². The molecular weight excluding hydrogens is 990 g/mol. The lowest BCUT2D eigenvalue weighted by Gasteiger charge is -2.09. The zero-order chi connectivity index (χ0) is 49.1. The minimum absolute atomic E-state index is 0.222. The minimum Gasteiger partial charge on any atom is -0.537 e. The SMILES string of the molecule is Brc1ccc2c(c1)-c1ccccc1C2.CC(Cl)Cl.O[B]Oc1ccc2c(c1)c1ccccc1n2-c1ccccc1.c1ccc(-n2c3ccccc3c3cc(-c4ccc5c(c4)-c4ccccc4C5)ccc32)cc1. The van der Waals surface area contributed by atoms with Crippen molar-refractivity contribution in [1.29, 1.82) is 0 Å². The van der Waals surface area contributed by atoms with Crippen molar-refractivity contribution in [3.63, 3.8) is 0 Å². The number of rotatable bonds is 5. The summed E-state index contributed by atoms with van der Waals surface area (Å²) >= 11 is 13.6. The van der Waals surface area contributed by atoms with Gasteiger partial charge >= 0.3 is 7.69 Å². The van der Waals surface area contributed by atoms with E-state index in [0.717, 1.165) is 44.8 Å². The van der Waals surface area contributed by atoms with Crippen molar-refractivity contribution in [3.8, 4) is 50.5 Å². The standard InChI is InChI=1S/C31H21N.C18H13BNO2.C13H9Br.C2H4Cl2/c1-2-9-25(10-3-1)32-30-13-7-6-12-27(30)29-20-22(16-17-31(29)32)21-14-15-24-18-23-8-4-5-11-26(23)28(24)19-21;21-19-22-14-10-11-18-16(12-14)15-8-4-5-9-17(15)20(18)13-6-2-1-3-7-13;14-11-6-5-10-7-9-3-1-2-4-12(9)13(10)8-11;1-2(3)4/h1-17,19-20H,18H2;1-12,21H;1-6,8H,7H2;2H,1H3. The Labute approximate surface area is 438 Å². The van der Waals surface area contributed by atoms with E-state index in [9.17, 15) is 0 Å². The molecule has 2 aliphatic carbocycles. The summed E-state index contributed by atoms with van der Waals surface area (Å²) in [4.78, 5) is -0.222. The highest BCUT2D eigenvalue weighted by Crippen LogP contribution is 2.41. The van der Waals surface area contributed by atoms with Gasteiger partial charge in [0.05, 0.1) is 22.1 Å². The normalized spacial score (nSPS) is 11.7. The van der Waals surface area contributed by atoms with Gasteiger partial charge in [0.15, 0.2) is 0 Å². The van der Waals surface area contributed by atoms with E-state index >= 15 is 0 Å². The topological polar surface area (TPSA) is 39.3 Å². The number of alkyl halides is 2. The molecule has 2 aromatic heterocycles. The second-order valence-electron chi connectivity index (χ2n) is 17.9. The minimum atomic E-state index is -0.222. The highest BCUT2D eigenvalue weighted by molar-refractivity contribution is 9.10. The molecule has 0 spiro atoms. The zero-order valence-electron chi connectivity index (χ0n) is 39.4. The van der Waals surface area contributed by atoms with Crippen LogP contribution in [0.4, 0.5) is 0 Å². The lowest BCUT2D eigenvalue weighted by atomic mass is 9.97. The maximum atomic E-state index is 8.84. The molecule has 0 aliphatic heterocycles. The third-order valence-corrected chi connectivity index (χ3v) is 13.9. The lowest BCUT2D eigenvalue weighted by molar-refractivity contribution is 0.454. The van der Waals surface area contributed by atoms with Gasteiger partial charge in [0.25, 0.3) is 0 Å². The van der Waals surface area contributed by atoms with Gasteiger partial charge in [-0.15, -0.1) is 23.2 Å². The molecule has 10 aromatic carbocycles. The van der Waals surface area contributed by atoms with E-state index in [-0.39, 0.29) is 4.84 Å². The van der Waals surface area contributed by atoms with Crippen LogP contribution in [0.15, 0.2) is 235 Å². The smallest absolute Gasteiger partial charge is 0.537 e. The molecular formula is C64H47BBrCl2N2O2. The lowest BCUT2D eigenvalue weighted by Crippen LogP contribution is -1.99. The van der Waals surface area contributed by atoms with Crippen LogP contribution in [0.2, 0.25) is 0 Å². The number of hydrogen-bond acceptors (Lipinski definition) is 2. The van der Waals surface area contributed by atoms with Gasteiger partial charge in [-0.25, -0.2) is 0 Å². The number of aromatic nitrogens is 2. The molecule has 14 rings (SSSR count). The number of hydrogen-bond donors (Lipinski definition) is 1. The number of halogens is 3. The second-order valence-corrected chi connectivity index (χ2v) is 20.3. The molecule has 12 aromatic rings. The van der Waals surface area contributed by atoms with Gasteiger partial charge in [-0.2, -0.15) is 0 Å². The molecule has 2 aliphatic rings. The fourth-order valence-electron chi connectivity index (χ4n) is 10.3. The summed E-state index contributed by atoms with van der Waals surface area (Å²) < 4.78 is 10.9. The Kier molecular flexibility index (Phi) is 13.6. The third-order valence-electron chi connectivity index (χ3n) is 13.4. The second kappa shape index (κ2) is 20.8. The molecule has 2 heterocycles. The van der Waals surface area contributed by atoms with Gasteiger partial charge in [0.2, 0.25) is 0 Å². The quantitative estimate of drug-likeness (QED) is 0.138. The van der Waals surface area contributed by atoms with Crippen LogP contribution in [0.25, 0.3) is 88.4 Å². The molecule has 0 amide bonds. The number of fused-ring (bicyclic) bond motifs is 12. The molecule has 0 bridgehead atoms. The summed E-state index contributed by atoms with van der Waals surface area (Å²) in [6.45, 7) is 1.70. The molecule has 8 heteroatoms. The van der Waals surface area contributed by atoms with E-state index in [4.69, 9.17) is 32.9 Å². The van der Waals surface area contributed by atoms with Crippen molar-refractivity contribution < 1.29 is 9.68 Å². The maximum Gasteiger partial charge on any atom is 0.569 e. The Morgan fingerprint density at radius 1 is 0.431 bits per heavy atom. The summed E-state index contributed by atoms with van der Waals surface area (Å²) in [7, 11) is 0.706. The summed E-state index contributed by atoms with van der Waals surface area (Å²) in [6.07, 6.45) is 2.12. The maximum absolute atomic E-state index is 8.84.